The van der Waals surface area contributed by atoms with Gasteiger partial charge in [0.25, 0.3) is 0 Å². The third kappa shape index (κ3) is 4.44. The molecule has 0 spiro atoms. The number of aromatic nitrogens is 5. The normalized spacial score (nSPS) is 11.0. The molecule has 30 heavy (non-hydrogen) atoms. The fourth-order valence-electron chi connectivity index (χ4n) is 2.98. The number of hydrogen-bond acceptors (Lipinski definition) is 5. The van der Waals surface area contributed by atoms with Crippen molar-refractivity contribution in [3.63, 3.8) is 0 Å². The van der Waals surface area contributed by atoms with Gasteiger partial charge in [-0.15, -0.1) is 10.2 Å². The van der Waals surface area contributed by atoms with Crippen LogP contribution in [-0.2, 0) is 4.79 Å². The van der Waals surface area contributed by atoms with Crippen molar-refractivity contribution in [2.45, 2.75) is 25.0 Å². The summed E-state index contributed by atoms with van der Waals surface area (Å²) in [6.07, 6.45) is 1.68. The third-order valence-corrected chi connectivity index (χ3v) is 5.43. The van der Waals surface area contributed by atoms with Crippen molar-refractivity contribution in [3.8, 4) is 16.9 Å². The number of para-hydroxylation sites is 1. The molecule has 2 aromatic heterocycles. The quantitative estimate of drug-likeness (QED) is 0.449. The summed E-state index contributed by atoms with van der Waals surface area (Å²) in [6.45, 7) is 4.11. The highest BCUT2D eigenvalue weighted by Gasteiger charge is 2.15. The highest BCUT2D eigenvalue weighted by molar-refractivity contribution is 7.99. The van der Waals surface area contributed by atoms with E-state index in [1.54, 1.807) is 11.0 Å². The summed E-state index contributed by atoms with van der Waals surface area (Å²) in [5, 5.41) is 16.5. The Balaban J connectivity index is 1.56. The molecule has 7 nitrogen and oxygen atoms in total. The first-order valence-electron chi connectivity index (χ1n) is 9.65. The molecule has 2 heterocycles. The van der Waals surface area contributed by atoms with Gasteiger partial charge in [0, 0.05) is 17.7 Å². The minimum atomic E-state index is -0.130. The lowest BCUT2D eigenvalue weighted by Gasteiger charge is -2.10. The molecule has 0 aliphatic heterocycles. The van der Waals surface area contributed by atoms with Crippen molar-refractivity contribution in [2.75, 3.05) is 11.1 Å². The van der Waals surface area contributed by atoms with Crippen molar-refractivity contribution in [1.29, 1.82) is 0 Å². The van der Waals surface area contributed by atoms with Gasteiger partial charge in [-0.25, -0.2) is 4.68 Å². The number of hydrogen-bond donors (Lipinski definition) is 1. The molecule has 0 aliphatic rings. The molecular weight excluding hydrogens is 396 g/mol. The van der Waals surface area contributed by atoms with E-state index in [1.807, 2.05) is 71.3 Å². The van der Waals surface area contributed by atoms with Gasteiger partial charge >= 0.3 is 0 Å². The lowest BCUT2D eigenvalue weighted by Crippen LogP contribution is -2.17. The van der Waals surface area contributed by atoms with Crippen molar-refractivity contribution in [2.24, 2.45) is 0 Å². The van der Waals surface area contributed by atoms with Gasteiger partial charge in [0.2, 0.25) is 5.91 Å². The molecule has 0 saturated heterocycles. The predicted molar refractivity (Wildman–Crippen MR) is 119 cm³/mol. The standard InChI is InChI=1S/C22H22N6OS/c1-16(2)27-15-23-25-22(27)30-14-21(29)24-20-13-19(17-9-5-3-6-10-17)26-28(20)18-11-7-4-8-12-18/h3-13,15-16H,14H2,1-2H3,(H,24,29). The summed E-state index contributed by atoms with van der Waals surface area (Å²) in [4.78, 5) is 12.7. The lowest BCUT2D eigenvalue weighted by atomic mass is 10.2. The molecule has 0 fully saturated rings. The number of amides is 1. The highest BCUT2D eigenvalue weighted by atomic mass is 32.2. The first-order valence-corrected chi connectivity index (χ1v) is 10.6. The Morgan fingerprint density at radius 1 is 1.07 bits per heavy atom. The topological polar surface area (TPSA) is 77.6 Å². The first kappa shape index (κ1) is 19.9. The van der Waals surface area contributed by atoms with Gasteiger partial charge in [0.15, 0.2) is 5.16 Å². The summed E-state index contributed by atoms with van der Waals surface area (Å²) in [5.41, 5.74) is 2.66. The second-order valence-electron chi connectivity index (χ2n) is 6.98. The molecule has 1 N–H and O–H groups in total. The molecule has 0 atom stereocenters. The average molecular weight is 419 g/mol. The molecular formula is C22H22N6OS. The van der Waals surface area contributed by atoms with Gasteiger partial charge < -0.3 is 9.88 Å². The SMILES string of the molecule is CC(C)n1cnnc1SCC(=O)Nc1cc(-c2ccccc2)nn1-c1ccccc1. The number of carbonyl (C=O) groups is 1. The lowest BCUT2D eigenvalue weighted by molar-refractivity contribution is -0.113. The van der Waals surface area contributed by atoms with E-state index in [0.29, 0.717) is 5.82 Å². The predicted octanol–water partition coefficient (Wildman–Crippen LogP) is 4.44. The number of thioether (sulfide) groups is 1. The smallest absolute Gasteiger partial charge is 0.236 e. The molecule has 0 aliphatic carbocycles. The summed E-state index contributed by atoms with van der Waals surface area (Å²) >= 11 is 1.36. The minimum absolute atomic E-state index is 0.130. The maximum absolute atomic E-state index is 12.7. The van der Waals surface area contributed by atoms with Gasteiger partial charge in [-0.2, -0.15) is 5.10 Å². The van der Waals surface area contributed by atoms with E-state index in [1.165, 1.54) is 11.8 Å². The number of nitrogens with one attached hydrogen (secondary N) is 1. The van der Waals surface area contributed by atoms with Crippen molar-refractivity contribution in [3.05, 3.63) is 73.1 Å². The van der Waals surface area contributed by atoms with Crippen LogP contribution in [0, 0.1) is 0 Å². The average Bonchev–Trinajstić information content (AvgIpc) is 3.41. The van der Waals surface area contributed by atoms with Crippen molar-refractivity contribution >= 4 is 23.5 Å². The van der Waals surface area contributed by atoms with Crippen LogP contribution in [0.4, 0.5) is 5.82 Å². The second-order valence-corrected chi connectivity index (χ2v) is 7.92. The molecule has 0 saturated carbocycles. The fraction of sp³-hybridized carbons (Fsp3) is 0.182. The van der Waals surface area contributed by atoms with Gasteiger partial charge in [0.1, 0.15) is 12.1 Å². The first-order chi connectivity index (χ1) is 14.6. The Labute approximate surface area is 179 Å². The zero-order valence-corrected chi connectivity index (χ0v) is 17.6. The summed E-state index contributed by atoms with van der Waals surface area (Å²) < 4.78 is 3.70. The molecule has 1 amide bonds. The van der Waals surface area contributed by atoms with E-state index >= 15 is 0 Å². The maximum Gasteiger partial charge on any atom is 0.236 e. The summed E-state index contributed by atoms with van der Waals surface area (Å²) in [7, 11) is 0. The maximum atomic E-state index is 12.7. The van der Waals surface area contributed by atoms with Crippen molar-refractivity contribution in [1.82, 2.24) is 24.5 Å². The van der Waals surface area contributed by atoms with Gasteiger partial charge in [-0.3, -0.25) is 4.79 Å². The number of rotatable bonds is 7. The van der Waals surface area contributed by atoms with Crippen LogP contribution in [0.15, 0.2) is 78.2 Å². The van der Waals surface area contributed by atoms with Crippen LogP contribution in [0.25, 0.3) is 16.9 Å². The number of anilines is 1. The van der Waals surface area contributed by atoms with E-state index in [9.17, 15) is 4.79 Å². The van der Waals surface area contributed by atoms with Crippen LogP contribution in [0.3, 0.4) is 0 Å². The molecule has 8 heteroatoms. The Bertz CT molecular complexity index is 1120. The molecule has 0 unspecified atom stereocenters. The highest BCUT2D eigenvalue weighted by Crippen LogP contribution is 2.25. The Morgan fingerprint density at radius 2 is 1.77 bits per heavy atom. The fourth-order valence-corrected chi connectivity index (χ4v) is 3.83. The van der Waals surface area contributed by atoms with Gasteiger partial charge in [-0.05, 0) is 26.0 Å². The van der Waals surface area contributed by atoms with E-state index < -0.39 is 0 Å². The Morgan fingerprint density at radius 3 is 2.47 bits per heavy atom. The largest absolute Gasteiger partial charge is 0.310 e. The van der Waals surface area contributed by atoms with Crippen LogP contribution < -0.4 is 5.32 Å². The molecule has 4 rings (SSSR count). The van der Waals surface area contributed by atoms with Crippen LogP contribution in [-0.4, -0.2) is 36.2 Å². The van der Waals surface area contributed by atoms with E-state index in [2.05, 4.69) is 29.4 Å². The molecule has 152 valence electrons. The van der Waals surface area contributed by atoms with Crippen LogP contribution in [0.5, 0.6) is 0 Å². The zero-order valence-electron chi connectivity index (χ0n) is 16.8. The molecule has 4 aromatic rings. The van der Waals surface area contributed by atoms with Gasteiger partial charge in [-0.1, -0.05) is 60.3 Å². The molecule has 0 bridgehead atoms. The number of nitrogens with zero attached hydrogens (tertiary/aromatic N) is 5. The third-order valence-electron chi connectivity index (χ3n) is 4.48. The van der Waals surface area contributed by atoms with Crippen LogP contribution in [0.2, 0.25) is 0 Å². The second kappa shape index (κ2) is 8.96. The minimum Gasteiger partial charge on any atom is -0.310 e. The van der Waals surface area contributed by atoms with Crippen molar-refractivity contribution < 1.29 is 4.79 Å². The number of benzene rings is 2. The molecule has 0 radical (unpaired) electrons. The van der Waals surface area contributed by atoms with E-state index in [0.717, 1.165) is 22.1 Å². The monoisotopic (exact) mass is 418 g/mol. The Kier molecular flexibility index (Phi) is 5.94. The zero-order chi connectivity index (χ0) is 20.9. The van der Waals surface area contributed by atoms with Crippen LogP contribution >= 0.6 is 11.8 Å². The molecule has 2 aromatic carbocycles. The van der Waals surface area contributed by atoms with Gasteiger partial charge in [0.05, 0.1) is 17.1 Å². The Hall–Kier alpha value is -3.39. The van der Waals surface area contributed by atoms with Crippen LogP contribution in [0.1, 0.15) is 19.9 Å². The number of carbonyl (C=O) groups excluding carboxylic acids is 1. The van der Waals surface area contributed by atoms with E-state index in [4.69, 9.17) is 5.10 Å². The summed E-state index contributed by atoms with van der Waals surface area (Å²) in [6, 6.07) is 21.8. The van der Waals surface area contributed by atoms with E-state index in [-0.39, 0.29) is 17.7 Å². The summed E-state index contributed by atoms with van der Waals surface area (Å²) in [5.74, 6) is 0.720.